The number of aryl methyl sites for hydroxylation is 2. The Hall–Kier alpha value is -2.29. The molecular formula is C20H23BrN4O3. The standard InChI is InChI=1S/C20H23BrN4O3/c1-12-15(9-14-7-5-6-8-17(14)21)13(2)25-19(24-12)16(10-23-25)20(26)22-11-18(27-3)28-4/h5-8,10,18H,9,11H2,1-4H3,(H,22,26). The zero-order chi connectivity index (χ0) is 20.3. The molecule has 0 unspecified atom stereocenters. The van der Waals surface area contributed by atoms with Gasteiger partial charge in [-0.15, -0.1) is 0 Å². The summed E-state index contributed by atoms with van der Waals surface area (Å²) < 4.78 is 13.0. The largest absolute Gasteiger partial charge is 0.354 e. The van der Waals surface area contributed by atoms with Gasteiger partial charge in [0.1, 0.15) is 5.56 Å². The van der Waals surface area contributed by atoms with Gasteiger partial charge in [-0.05, 0) is 31.0 Å². The summed E-state index contributed by atoms with van der Waals surface area (Å²) in [4.78, 5) is 17.3. The fourth-order valence-corrected chi connectivity index (χ4v) is 3.52. The Bertz CT molecular complexity index is 999. The van der Waals surface area contributed by atoms with Gasteiger partial charge in [0, 0.05) is 36.5 Å². The molecule has 3 aromatic rings. The average molecular weight is 447 g/mol. The molecule has 0 aliphatic carbocycles. The summed E-state index contributed by atoms with van der Waals surface area (Å²) >= 11 is 3.60. The van der Waals surface area contributed by atoms with Crippen molar-refractivity contribution in [3.05, 3.63) is 63.0 Å². The lowest BCUT2D eigenvalue weighted by atomic mass is 10.0. The molecule has 0 spiro atoms. The molecule has 1 N–H and O–H groups in total. The molecule has 0 bridgehead atoms. The summed E-state index contributed by atoms with van der Waals surface area (Å²) in [5, 5.41) is 7.18. The number of halogens is 1. The number of ether oxygens (including phenoxy) is 2. The number of amides is 1. The van der Waals surface area contributed by atoms with Crippen molar-refractivity contribution in [2.24, 2.45) is 0 Å². The third-order valence-corrected chi connectivity index (χ3v) is 5.51. The SMILES string of the molecule is COC(CNC(=O)c1cnn2c(C)c(Cc3ccccc3Br)c(C)nc12)OC. The lowest BCUT2D eigenvalue weighted by molar-refractivity contribution is -0.0974. The molecule has 2 heterocycles. The first-order valence-electron chi connectivity index (χ1n) is 8.87. The molecule has 28 heavy (non-hydrogen) atoms. The molecule has 0 saturated heterocycles. The predicted molar refractivity (Wildman–Crippen MR) is 110 cm³/mol. The molecule has 8 heteroatoms. The second-order valence-corrected chi connectivity index (χ2v) is 7.29. The van der Waals surface area contributed by atoms with E-state index in [0.29, 0.717) is 11.2 Å². The van der Waals surface area contributed by atoms with Crippen LogP contribution in [0.2, 0.25) is 0 Å². The summed E-state index contributed by atoms with van der Waals surface area (Å²) in [5.74, 6) is -0.265. The third kappa shape index (κ3) is 4.09. The van der Waals surface area contributed by atoms with E-state index in [1.54, 1.807) is 10.7 Å². The number of aromatic nitrogens is 3. The smallest absolute Gasteiger partial charge is 0.256 e. The molecule has 0 saturated carbocycles. The van der Waals surface area contributed by atoms with Crippen LogP contribution < -0.4 is 5.32 Å². The molecule has 1 amide bonds. The van der Waals surface area contributed by atoms with Gasteiger partial charge in [0.05, 0.1) is 12.7 Å². The van der Waals surface area contributed by atoms with Crippen molar-refractivity contribution in [1.82, 2.24) is 19.9 Å². The first kappa shape index (κ1) is 20.4. The Kier molecular flexibility index (Phi) is 6.43. The van der Waals surface area contributed by atoms with E-state index in [9.17, 15) is 4.79 Å². The van der Waals surface area contributed by atoms with E-state index in [-0.39, 0.29) is 12.5 Å². The molecule has 0 aliphatic rings. The monoisotopic (exact) mass is 446 g/mol. The van der Waals surface area contributed by atoms with Crippen LogP contribution in [0.1, 0.15) is 32.9 Å². The normalized spacial score (nSPS) is 11.4. The van der Waals surface area contributed by atoms with Gasteiger partial charge in [0.2, 0.25) is 0 Å². The van der Waals surface area contributed by atoms with Gasteiger partial charge in [0.15, 0.2) is 11.9 Å². The molecule has 0 aliphatic heterocycles. The number of hydrogen-bond donors (Lipinski definition) is 1. The van der Waals surface area contributed by atoms with Crippen LogP contribution in [0, 0.1) is 13.8 Å². The number of hydrogen-bond acceptors (Lipinski definition) is 5. The first-order chi connectivity index (χ1) is 13.5. The van der Waals surface area contributed by atoms with E-state index in [1.807, 2.05) is 32.0 Å². The highest BCUT2D eigenvalue weighted by Gasteiger charge is 2.19. The zero-order valence-electron chi connectivity index (χ0n) is 16.3. The van der Waals surface area contributed by atoms with Crippen molar-refractivity contribution in [1.29, 1.82) is 0 Å². The molecule has 7 nitrogen and oxygen atoms in total. The number of nitrogens with one attached hydrogen (secondary N) is 1. The Balaban J connectivity index is 1.91. The number of carbonyl (C=O) groups excluding carboxylic acids is 1. The van der Waals surface area contributed by atoms with Crippen molar-refractivity contribution in [2.75, 3.05) is 20.8 Å². The van der Waals surface area contributed by atoms with Crippen molar-refractivity contribution >= 4 is 27.5 Å². The molecule has 0 radical (unpaired) electrons. The quantitative estimate of drug-likeness (QED) is 0.564. The molecule has 0 fully saturated rings. The molecule has 0 atom stereocenters. The summed E-state index contributed by atoms with van der Waals surface area (Å²) in [6.45, 7) is 4.19. The summed E-state index contributed by atoms with van der Waals surface area (Å²) in [5.41, 5.74) is 5.06. The Morgan fingerprint density at radius 2 is 1.96 bits per heavy atom. The van der Waals surface area contributed by atoms with Gasteiger partial charge < -0.3 is 14.8 Å². The number of nitrogens with zero attached hydrogens (tertiary/aromatic N) is 3. The Morgan fingerprint density at radius 3 is 2.64 bits per heavy atom. The van der Waals surface area contributed by atoms with Crippen molar-refractivity contribution in [2.45, 2.75) is 26.6 Å². The minimum Gasteiger partial charge on any atom is -0.354 e. The van der Waals surface area contributed by atoms with Crippen LogP contribution >= 0.6 is 15.9 Å². The van der Waals surface area contributed by atoms with Crippen LogP contribution in [0.4, 0.5) is 0 Å². The van der Waals surface area contributed by atoms with Crippen LogP contribution in [0.5, 0.6) is 0 Å². The predicted octanol–water partition coefficient (Wildman–Crippen LogP) is 3.05. The number of carbonyl (C=O) groups is 1. The topological polar surface area (TPSA) is 77.8 Å². The number of benzene rings is 1. The molecule has 3 rings (SSSR count). The third-order valence-electron chi connectivity index (χ3n) is 4.73. The minimum absolute atomic E-state index is 0.237. The van der Waals surface area contributed by atoms with Gasteiger partial charge in [-0.25, -0.2) is 9.50 Å². The Morgan fingerprint density at radius 1 is 1.25 bits per heavy atom. The van der Waals surface area contributed by atoms with Gasteiger partial charge in [-0.3, -0.25) is 4.79 Å². The van der Waals surface area contributed by atoms with Crippen LogP contribution in [-0.4, -0.2) is 47.6 Å². The van der Waals surface area contributed by atoms with Gasteiger partial charge in [-0.1, -0.05) is 34.1 Å². The van der Waals surface area contributed by atoms with Gasteiger partial charge >= 0.3 is 0 Å². The summed E-state index contributed by atoms with van der Waals surface area (Å²) in [6, 6.07) is 8.11. The first-order valence-corrected chi connectivity index (χ1v) is 9.66. The second kappa shape index (κ2) is 8.81. The van der Waals surface area contributed by atoms with Gasteiger partial charge in [0.25, 0.3) is 5.91 Å². The summed E-state index contributed by atoms with van der Waals surface area (Å²) in [7, 11) is 3.05. The maximum absolute atomic E-state index is 12.6. The highest BCUT2D eigenvalue weighted by molar-refractivity contribution is 9.10. The van der Waals surface area contributed by atoms with Crippen molar-refractivity contribution < 1.29 is 14.3 Å². The highest BCUT2D eigenvalue weighted by atomic mass is 79.9. The van der Waals surface area contributed by atoms with E-state index in [0.717, 1.165) is 27.8 Å². The maximum atomic E-state index is 12.6. The van der Waals surface area contributed by atoms with Crippen molar-refractivity contribution in [3.8, 4) is 0 Å². The number of fused-ring (bicyclic) bond motifs is 1. The fourth-order valence-electron chi connectivity index (χ4n) is 3.09. The van der Waals surface area contributed by atoms with E-state index < -0.39 is 6.29 Å². The molecule has 148 valence electrons. The molecule has 2 aromatic heterocycles. The van der Waals surface area contributed by atoms with Gasteiger partial charge in [-0.2, -0.15) is 5.10 Å². The van der Waals surface area contributed by atoms with E-state index >= 15 is 0 Å². The molecular weight excluding hydrogens is 424 g/mol. The van der Waals surface area contributed by atoms with Crippen LogP contribution in [0.25, 0.3) is 5.65 Å². The highest BCUT2D eigenvalue weighted by Crippen LogP contribution is 2.24. The average Bonchev–Trinajstić information content (AvgIpc) is 3.11. The zero-order valence-corrected chi connectivity index (χ0v) is 17.9. The summed E-state index contributed by atoms with van der Waals surface area (Å²) in [6.07, 6.45) is 1.77. The molecule has 1 aromatic carbocycles. The van der Waals surface area contributed by atoms with E-state index in [1.165, 1.54) is 19.8 Å². The fraction of sp³-hybridized carbons (Fsp3) is 0.350. The van der Waals surface area contributed by atoms with E-state index in [4.69, 9.17) is 9.47 Å². The maximum Gasteiger partial charge on any atom is 0.256 e. The lowest BCUT2D eigenvalue weighted by Crippen LogP contribution is -2.34. The van der Waals surface area contributed by atoms with E-state index in [2.05, 4.69) is 37.4 Å². The number of methoxy groups -OCH3 is 2. The van der Waals surface area contributed by atoms with Crippen LogP contribution in [0.15, 0.2) is 34.9 Å². The number of rotatable bonds is 7. The Labute approximate surface area is 172 Å². The lowest BCUT2D eigenvalue weighted by Gasteiger charge is -2.14. The van der Waals surface area contributed by atoms with Crippen LogP contribution in [0.3, 0.4) is 0 Å². The van der Waals surface area contributed by atoms with Crippen molar-refractivity contribution in [3.63, 3.8) is 0 Å². The minimum atomic E-state index is -0.502. The van der Waals surface area contributed by atoms with Crippen LogP contribution in [-0.2, 0) is 15.9 Å². The second-order valence-electron chi connectivity index (χ2n) is 6.43.